The molecule has 0 atom stereocenters. The van der Waals surface area contributed by atoms with Gasteiger partial charge in [0.05, 0.1) is 13.1 Å². The first-order valence-corrected chi connectivity index (χ1v) is 11.0. The predicted octanol–water partition coefficient (Wildman–Crippen LogP) is 2.55. The second-order valence-electron chi connectivity index (χ2n) is 8.28. The van der Waals surface area contributed by atoms with E-state index in [2.05, 4.69) is 33.0 Å². The van der Waals surface area contributed by atoms with Crippen LogP contribution in [-0.4, -0.2) is 44.6 Å². The number of hydrogen-bond acceptors (Lipinski definition) is 3. The summed E-state index contributed by atoms with van der Waals surface area (Å²) in [6, 6.07) is 15.1. The second kappa shape index (κ2) is 9.37. The van der Waals surface area contributed by atoms with E-state index in [-0.39, 0.29) is 17.1 Å². The van der Waals surface area contributed by atoms with Crippen molar-refractivity contribution in [1.82, 2.24) is 16.0 Å². The molecule has 1 saturated heterocycles. The minimum Gasteiger partial charge on any atom is -0.360 e. The summed E-state index contributed by atoms with van der Waals surface area (Å²) < 4.78 is 13.6. The van der Waals surface area contributed by atoms with Gasteiger partial charge in [-0.3, -0.25) is 4.79 Å². The van der Waals surface area contributed by atoms with Gasteiger partial charge in [-0.25, -0.2) is 9.38 Å². The van der Waals surface area contributed by atoms with Crippen LogP contribution in [0.25, 0.3) is 0 Å². The summed E-state index contributed by atoms with van der Waals surface area (Å²) in [5.41, 5.74) is 3.21. The van der Waals surface area contributed by atoms with Gasteiger partial charge in [0.25, 0.3) is 0 Å². The normalized spacial score (nSPS) is 17.8. The molecule has 2 aromatic carbocycles. The summed E-state index contributed by atoms with van der Waals surface area (Å²) in [7, 11) is 0. The maximum atomic E-state index is 13.6. The van der Waals surface area contributed by atoms with Crippen LogP contribution < -0.4 is 20.9 Å². The quantitative estimate of drug-likeness (QED) is 0.473. The Kier molecular flexibility index (Phi) is 6.39. The standard InChI is InChI=1S/C24H30FN5O/c1-2-26-23(29-17-24(10-11-24)19-4-3-5-20(25)14-19)28-15-18-6-8-21(9-7-18)30-13-12-27-22(31)16-30/h3-9,14H,2,10-13,15-17H2,1H3,(H,27,31)(H2,26,28,29). The van der Waals surface area contributed by atoms with E-state index in [4.69, 9.17) is 4.99 Å². The average Bonchev–Trinajstić information content (AvgIpc) is 3.57. The van der Waals surface area contributed by atoms with Crippen molar-refractivity contribution in [3.63, 3.8) is 0 Å². The number of guanidine groups is 1. The van der Waals surface area contributed by atoms with E-state index >= 15 is 0 Å². The number of piperazine rings is 1. The summed E-state index contributed by atoms with van der Waals surface area (Å²) in [6.45, 7) is 6.01. The molecule has 0 unspecified atom stereocenters. The molecule has 4 rings (SSSR count). The molecule has 1 aliphatic heterocycles. The maximum Gasteiger partial charge on any atom is 0.239 e. The summed E-state index contributed by atoms with van der Waals surface area (Å²) >= 11 is 0. The molecule has 31 heavy (non-hydrogen) atoms. The second-order valence-corrected chi connectivity index (χ2v) is 8.28. The van der Waals surface area contributed by atoms with Gasteiger partial charge < -0.3 is 20.9 Å². The third kappa shape index (κ3) is 5.34. The van der Waals surface area contributed by atoms with Gasteiger partial charge in [-0.15, -0.1) is 0 Å². The Morgan fingerprint density at radius 3 is 2.68 bits per heavy atom. The van der Waals surface area contributed by atoms with Gasteiger partial charge in [-0.2, -0.15) is 0 Å². The van der Waals surface area contributed by atoms with Crippen molar-refractivity contribution in [2.45, 2.75) is 31.7 Å². The molecule has 1 heterocycles. The molecule has 0 bridgehead atoms. The van der Waals surface area contributed by atoms with Crippen LogP contribution in [0.1, 0.15) is 30.9 Å². The highest BCUT2D eigenvalue weighted by Crippen LogP contribution is 2.47. The largest absolute Gasteiger partial charge is 0.360 e. The first-order valence-electron chi connectivity index (χ1n) is 11.0. The first-order chi connectivity index (χ1) is 15.1. The molecule has 7 heteroatoms. The van der Waals surface area contributed by atoms with Crippen molar-refractivity contribution >= 4 is 17.6 Å². The van der Waals surface area contributed by atoms with Gasteiger partial charge in [0.1, 0.15) is 5.82 Å². The number of amides is 1. The van der Waals surface area contributed by atoms with Crippen LogP contribution in [0.3, 0.4) is 0 Å². The average molecular weight is 424 g/mol. The summed E-state index contributed by atoms with van der Waals surface area (Å²) in [5.74, 6) is 0.646. The Hall–Kier alpha value is -3.09. The molecule has 0 aromatic heterocycles. The molecular weight excluding hydrogens is 393 g/mol. The van der Waals surface area contributed by atoms with E-state index in [1.807, 2.05) is 25.1 Å². The minimum absolute atomic E-state index is 0.000669. The van der Waals surface area contributed by atoms with Crippen molar-refractivity contribution in [1.29, 1.82) is 0 Å². The Balaban J connectivity index is 1.36. The maximum absolute atomic E-state index is 13.6. The smallest absolute Gasteiger partial charge is 0.239 e. The molecule has 1 saturated carbocycles. The number of aliphatic imine (C=N–C) groups is 1. The van der Waals surface area contributed by atoms with Crippen molar-refractivity contribution in [2.75, 3.05) is 37.6 Å². The van der Waals surface area contributed by atoms with E-state index in [0.717, 1.165) is 55.2 Å². The zero-order valence-electron chi connectivity index (χ0n) is 18.0. The zero-order chi connectivity index (χ0) is 21.7. The van der Waals surface area contributed by atoms with Gasteiger partial charge in [-0.1, -0.05) is 24.3 Å². The van der Waals surface area contributed by atoms with Crippen LogP contribution in [0.4, 0.5) is 10.1 Å². The van der Waals surface area contributed by atoms with Crippen molar-refractivity contribution in [2.24, 2.45) is 4.99 Å². The summed E-state index contributed by atoms with van der Waals surface area (Å²) in [6.07, 6.45) is 2.11. The van der Waals surface area contributed by atoms with Crippen LogP contribution in [0, 0.1) is 5.82 Å². The Morgan fingerprint density at radius 1 is 1.19 bits per heavy atom. The number of carbonyl (C=O) groups is 1. The number of nitrogens with zero attached hydrogens (tertiary/aromatic N) is 2. The molecule has 3 N–H and O–H groups in total. The van der Waals surface area contributed by atoms with Crippen LogP contribution >= 0.6 is 0 Å². The monoisotopic (exact) mass is 423 g/mol. The van der Waals surface area contributed by atoms with Crippen LogP contribution in [0.2, 0.25) is 0 Å². The van der Waals surface area contributed by atoms with Gasteiger partial charge in [0.15, 0.2) is 5.96 Å². The molecule has 2 fully saturated rings. The lowest BCUT2D eigenvalue weighted by molar-refractivity contribution is -0.120. The van der Waals surface area contributed by atoms with Crippen LogP contribution in [0.5, 0.6) is 0 Å². The fourth-order valence-corrected chi connectivity index (χ4v) is 3.97. The van der Waals surface area contributed by atoms with Gasteiger partial charge >= 0.3 is 0 Å². The van der Waals surface area contributed by atoms with E-state index in [0.29, 0.717) is 19.6 Å². The predicted molar refractivity (Wildman–Crippen MR) is 122 cm³/mol. The summed E-state index contributed by atoms with van der Waals surface area (Å²) in [4.78, 5) is 18.4. The van der Waals surface area contributed by atoms with E-state index in [9.17, 15) is 9.18 Å². The number of rotatable bonds is 7. The lowest BCUT2D eigenvalue weighted by Crippen LogP contribution is -2.47. The number of halogens is 1. The number of carbonyl (C=O) groups excluding carboxylic acids is 1. The Labute approximate surface area is 182 Å². The van der Waals surface area contributed by atoms with Gasteiger partial charge in [0, 0.05) is 37.3 Å². The molecule has 1 amide bonds. The lowest BCUT2D eigenvalue weighted by Gasteiger charge is -2.28. The first kappa shape index (κ1) is 21.2. The van der Waals surface area contributed by atoms with Crippen molar-refractivity contribution in [3.05, 3.63) is 65.5 Å². The SMILES string of the molecule is CCNC(=NCc1ccc(N2CCNC(=O)C2)cc1)NCC1(c2cccc(F)c2)CC1. The highest BCUT2D eigenvalue weighted by atomic mass is 19.1. The van der Waals surface area contributed by atoms with E-state index < -0.39 is 0 Å². The molecule has 6 nitrogen and oxygen atoms in total. The number of hydrogen-bond donors (Lipinski definition) is 3. The molecule has 2 aromatic rings. The third-order valence-electron chi connectivity index (χ3n) is 5.99. The molecule has 1 aliphatic carbocycles. The third-order valence-corrected chi connectivity index (χ3v) is 5.99. The zero-order valence-corrected chi connectivity index (χ0v) is 18.0. The highest BCUT2D eigenvalue weighted by Gasteiger charge is 2.44. The Morgan fingerprint density at radius 2 is 2.00 bits per heavy atom. The van der Waals surface area contributed by atoms with E-state index in [1.54, 1.807) is 12.1 Å². The molecule has 0 spiro atoms. The van der Waals surface area contributed by atoms with Crippen LogP contribution in [0.15, 0.2) is 53.5 Å². The fraction of sp³-hybridized carbons (Fsp3) is 0.417. The summed E-state index contributed by atoms with van der Waals surface area (Å²) in [5, 5.41) is 9.59. The van der Waals surface area contributed by atoms with Gasteiger partial charge in [0.2, 0.25) is 5.91 Å². The molecule has 164 valence electrons. The lowest BCUT2D eigenvalue weighted by atomic mass is 9.96. The number of benzene rings is 2. The minimum atomic E-state index is -0.182. The topological polar surface area (TPSA) is 68.8 Å². The molecule has 0 radical (unpaired) electrons. The van der Waals surface area contributed by atoms with E-state index in [1.165, 1.54) is 6.07 Å². The number of anilines is 1. The molecule has 2 aliphatic rings. The van der Waals surface area contributed by atoms with Gasteiger partial charge in [-0.05, 0) is 55.2 Å². The van der Waals surface area contributed by atoms with Crippen molar-refractivity contribution < 1.29 is 9.18 Å². The molecular formula is C24H30FN5O. The van der Waals surface area contributed by atoms with Crippen LogP contribution in [-0.2, 0) is 16.8 Å². The van der Waals surface area contributed by atoms with Crippen molar-refractivity contribution in [3.8, 4) is 0 Å². The fourth-order valence-electron chi connectivity index (χ4n) is 3.97. The number of nitrogens with one attached hydrogen (secondary N) is 3. The highest BCUT2D eigenvalue weighted by molar-refractivity contribution is 5.82. The Bertz CT molecular complexity index is 939.